The van der Waals surface area contributed by atoms with Crippen LogP contribution in [0.25, 0.3) is 21.8 Å². The van der Waals surface area contributed by atoms with E-state index >= 15 is 0 Å². The number of hydrogen-bond donors (Lipinski definition) is 5. The Morgan fingerprint density at radius 2 is 1.49 bits per heavy atom. The van der Waals surface area contributed by atoms with Crippen molar-refractivity contribution in [2.24, 2.45) is 12.8 Å². The molecular weight excluding hydrogens is 539 g/mol. The van der Waals surface area contributed by atoms with E-state index in [-0.39, 0.29) is 11.9 Å². The Morgan fingerprint density at radius 3 is 2.02 bits per heavy atom. The van der Waals surface area contributed by atoms with Crippen LogP contribution in [0.4, 0.5) is 13.2 Å². The maximum Gasteiger partial charge on any atom is 0.490 e. The largest absolute Gasteiger partial charge is 0.490 e. The van der Waals surface area contributed by atoms with Gasteiger partial charge in [0.05, 0.1) is 11.6 Å². The summed E-state index contributed by atoms with van der Waals surface area (Å²) in [5, 5.41) is 21.5. The lowest BCUT2D eigenvalue weighted by Crippen LogP contribution is -2.50. The fraction of sp³-hybridized carbons (Fsp3) is 0.286. The molecule has 41 heavy (non-hydrogen) atoms. The van der Waals surface area contributed by atoms with Crippen molar-refractivity contribution in [3.8, 4) is 0 Å². The van der Waals surface area contributed by atoms with E-state index in [9.17, 15) is 18.0 Å². The predicted octanol–water partition coefficient (Wildman–Crippen LogP) is 4.14. The van der Waals surface area contributed by atoms with E-state index in [1.165, 1.54) is 5.39 Å². The minimum Gasteiger partial charge on any atom is -0.475 e. The number of nitrogens with one attached hydrogen (secondary N) is 3. The highest BCUT2D eigenvalue weighted by Crippen LogP contribution is 2.26. The first-order valence-electron chi connectivity index (χ1n) is 12.6. The number of carbonyl (C=O) groups excluding carboxylic acids is 1. The number of nitrogens with zero attached hydrogens (tertiary/aromatic N) is 3. The molecule has 1 amide bonds. The summed E-state index contributed by atoms with van der Waals surface area (Å²) in [4.78, 5) is 28.4. The summed E-state index contributed by atoms with van der Waals surface area (Å²) >= 11 is 0. The summed E-state index contributed by atoms with van der Waals surface area (Å²) < 4.78 is 33.7. The second kappa shape index (κ2) is 11.5. The predicted molar refractivity (Wildman–Crippen MR) is 147 cm³/mol. The van der Waals surface area contributed by atoms with Crippen LogP contribution in [0.15, 0.2) is 60.9 Å². The third-order valence-corrected chi connectivity index (χ3v) is 6.57. The number of nitrogens with two attached hydrogens (primary N) is 1. The van der Waals surface area contributed by atoms with E-state index < -0.39 is 17.7 Å². The number of carboxylic acid groups (broad SMARTS) is 1. The Kier molecular flexibility index (Phi) is 8.19. The molecule has 3 heterocycles. The highest BCUT2D eigenvalue weighted by atomic mass is 19.4. The van der Waals surface area contributed by atoms with E-state index in [0.717, 1.165) is 33.4 Å². The molecule has 0 saturated carbocycles. The van der Waals surface area contributed by atoms with Gasteiger partial charge in [-0.1, -0.05) is 36.4 Å². The van der Waals surface area contributed by atoms with Gasteiger partial charge in [0, 0.05) is 54.1 Å². The number of H-pyrrole nitrogens is 2. The van der Waals surface area contributed by atoms with Crippen molar-refractivity contribution in [3.05, 3.63) is 83.7 Å². The number of hydrogen-bond acceptors (Lipinski definition) is 5. The quantitative estimate of drug-likeness (QED) is 0.199. The van der Waals surface area contributed by atoms with E-state index in [4.69, 9.17) is 15.6 Å². The van der Waals surface area contributed by atoms with Gasteiger partial charge in [-0.25, -0.2) is 4.79 Å². The minimum absolute atomic E-state index is 0.237. The van der Waals surface area contributed by atoms with Gasteiger partial charge in [0.25, 0.3) is 0 Å². The molecule has 0 saturated heterocycles. The molecular formula is C28H30F3N7O3. The highest BCUT2D eigenvalue weighted by molar-refractivity contribution is 5.86. The Hall–Kier alpha value is -4.65. The number of carbonyl (C=O) groups is 2. The SMILES string of the molecule is Cn1c(Cc2c[nH]c3ccccc23)nnc1[C@@H](Cc1c[nH]c2ccccc12)NC(=O)C(C)(C)N.O=C(O)C(F)(F)F. The van der Waals surface area contributed by atoms with Crippen LogP contribution >= 0.6 is 0 Å². The molecule has 5 aromatic rings. The summed E-state index contributed by atoms with van der Waals surface area (Å²) in [7, 11) is 1.95. The van der Waals surface area contributed by atoms with Gasteiger partial charge in [-0.2, -0.15) is 13.2 Å². The molecule has 13 heteroatoms. The number of benzene rings is 2. The topological polar surface area (TPSA) is 155 Å². The van der Waals surface area contributed by atoms with E-state index in [0.29, 0.717) is 18.7 Å². The summed E-state index contributed by atoms with van der Waals surface area (Å²) in [6, 6.07) is 15.9. The highest BCUT2D eigenvalue weighted by Gasteiger charge is 2.38. The number of halogens is 3. The molecule has 0 aliphatic heterocycles. The number of aromatic nitrogens is 5. The van der Waals surface area contributed by atoms with E-state index in [1.54, 1.807) is 13.8 Å². The maximum atomic E-state index is 12.9. The van der Waals surface area contributed by atoms with Crippen molar-refractivity contribution >= 4 is 33.7 Å². The van der Waals surface area contributed by atoms with Gasteiger partial charge in [-0.3, -0.25) is 4.79 Å². The first-order chi connectivity index (χ1) is 19.3. The van der Waals surface area contributed by atoms with Crippen molar-refractivity contribution in [1.29, 1.82) is 0 Å². The molecule has 0 spiro atoms. The van der Waals surface area contributed by atoms with Crippen LogP contribution in [-0.2, 0) is 29.5 Å². The number of alkyl halides is 3. The van der Waals surface area contributed by atoms with E-state index in [2.05, 4.69) is 43.7 Å². The zero-order chi connectivity index (χ0) is 29.9. The smallest absolute Gasteiger partial charge is 0.475 e. The van der Waals surface area contributed by atoms with Crippen LogP contribution in [0.3, 0.4) is 0 Å². The standard InChI is InChI=1S/C26H29N7O.C2HF3O2/c1-26(2,27)25(34)30-22(12-16-14-28-20-10-6-4-8-18(16)20)24-32-31-23(33(24)3)13-17-15-29-21-11-7-5-9-19(17)21;3-2(4,5)1(6)7/h4-11,14-15,22,28-29H,12-13,27H2,1-3H3,(H,30,34);(H,6,7)/t22-;/m1./s1. The summed E-state index contributed by atoms with van der Waals surface area (Å²) in [6.07, 6.45) is 0.107. The van der Waals surface area contributed by atoms with Crippen LogP contribution in [0, 0.1) is 0 Å². The van der Waals surface area contributed by atoms with Crippen LogP contribution in [0.5, 0.6) is 0 Å². The molecule has 3 aromatic heterocycles. The number of para-hydroxylation sites is 2. The van der Waals surface area contributed by atoms with Crippen LogP contribution < -0.4 is 11.1 Å². The molecule has 1 atom stereocenters. The molecule has 0 fully saturated rings. The van der Waals surface area contributed by atoms with Gasteiger partial charge in [0.2, 0.25) is 5.91 Å². The second-order valence-electron chi connectivity index (χ2n) is 10.2. The first-order valence-corrected chi connectivity index (χ1v) is 12.6. The second-order valence-corrected chi connectivity index (χ2v) is 10.2. The fourth-order valence-corrected chi connectivity index (χ4v) is 4.35. The fourth-order valence-electron chi connectivity index (χ4n) is 4.35. The van der Waals surface area contributed by atoms with Crippen LogP contribution in [0.2, 0.25) is 0 Å². The molecule has 0 aliphatic carbocycles. The molecule has 2 aromatic carbocycles. The normalized spacial score (nSPS) is 12.7. The van der Waals surface area contributed by atoms with Crippen molar-refractivity contribution in [2.75, 3.05) is 0 Å². The summed E-state index contributed by atoms with van der Waals surface area (Å²) in [6.45, 7) is 3.40. The molecule has 216 valence electrons. The number of aliphatic carboxylic acids is 1. The average molecular weight is 570 g/mol. The van der Waals surface area contributed by atoms with E-state index in [1.807, 2.05) is 54.3 Å². The number of rotatable bonds is 7. The lowest BCUT2D eigenvalue weighted by Gasteiger charge is -2.24. The minimum atomic E-state index is -5.08. The average Bonchev–Trinajstić information content (AvgIpc) is 3.61. The molecule has 6 N–H and O–H groups in total. The van der Waals surface area contributed by atoms with Crippen molar-refractivity contribution in [3.63, 3.8) is 0 Å². The van der Waals surface area contributed by atoms with Crippen molar-refractivity contribution in [2.45, 2.75) is 44.4 Å². The monoisotopic (exact) mass is 569 g/mol. The van der Waals surface area contributed by atoms with Gasteiger partial charge >= 0.3 is 12.1 Å². The molecule has 0 aliphatic rings. The number of fused-ring (bicyclic) bond motifs is 2. The van der Waals surface area contributed by atoms with Gasteiger partial charge in [-0.15, -0.1) is 10.2 Å². The van der Waals surface area contributed by atoms with Crippen molar-refractivity contribution < 1.29 is 27.9 Å². The van der Waals surface area contributed by atoms with Gasteiger partial charge < -0.3 is 30.7 Å². The Balaban J connectivity index is 0.000000493. The van der Waals surface area contributed by atoms with Crippen LogP contribution in [0.1, 0.15) is 42.7 Å². The third-order valence-electron chi connectivity index (χ3n) is 6.57. The van der Waals surface area contributed by atoms with Gasteiger partial charge in [-0.05, 0) is 37.1 Å². The first kappa shape index (κ1) is 29.3. The number of amides is 1. The molecule has 0 unspecified atom stereocenters. The zero-order valence-electron chi connectivity index (χ0n) is 22.6. The maximum absolute atomic E-state index is 12.9. The molecule has 0 radical (unpaired) electrons. The molecule has 5 rings (SSSR count). The Bertz CT molecular complexity index is 1680. The van der Waals surface area contributed by atoms with Crippen LogP contribution in [-0.4, -0.2) is 53.4 Å². The zero-order valence-corrected chi connectivity index (χ0v) is 22.6. The third kappa shape index (κ3) is 6.74. The molecule has 0 bridgehead atoms. The number of carboxylic acids is 1. The molecule has 10 nitrogen and oxygen atoms in total. The van der Waals surface area contributed by atoms with Gasteiger partial charge in [0.15, 0.2) is 5.82 Å². The lowest BCUT2D eigenvalue weighted by atomic mass is 10.0. The summed E-state index contributed by atoms with van der Waals surface area (Å²) in [5.74, 6) is -1.48. The lowest BCUT2D eigenvalue weighted by molar-refractivity contribution is -0.192. The number of aromatic amines is 2. The summed E-state index contributed by atoms with van der Waals surface area (Å²) in [5.41, 5.74) is 9.47. The van der Waals surface area contributed by atoms with Gasteiger partial charge in [0.1, 0.15) is 5.82 Å². The Morgan fingerprint density at radius 1 is 0.976 bits per heavy atom. The Labute approximate surface area is 232 Å². The van der Waals surface area contributed by atoms with Crippen molar-refractivity contribution in [1.82, 2.24) is 30.0 Å².